The van der Waals surface area contributed by atoms with Crippen LogP contribution >= 0.6 is 0 Å². The maximum Gasteiger partial charge on any atom is 0.372 e. The summed E-state index contributed by atoms with van der Waals surface area (Å²) in [6, 6.07) is -0.979. The van der Waals surface area contributed by atoms with Gasteiger partial charge in [0.1, 0.15) is 12.6 Å². The lowest BCUT2D eigenvalue weighted by molar-refractivity contribution is -0.256. The van der Waals surface area contributed by atoms with Crippen LogP contribution in [0.3, 0.4) is 0 Å². The summed E-state index contributed by atoms with van der Waals surface area (Å²) in [6.45, 7) is 1.02. The number of aliphatic carboxylic acids is 1. The van der Waals surface area contributed by atoms with Gasteiger partial charge in [-0.2, -0.15) is 5.06 Å². The van der Waals surface area contributed by atoms with Crippen molar-refractivity contribution in [1.82, 2.24) is 10.4 Å². The van der Waals surface area contributed by atoms with Crippen molar-refractivity contribution in [3.63, 3.8) is 0 Å². The normalized spacial score (nSPS) is 30.4. The van der Waals surface area contributed by atoms with Crippen molar-refractivity contribution < 1.29 is 33.9 Å². The van der Waals surface area contributed by atoms with Gasteiger partial charge in [-0.3, -0.25) is 19.2 Å². The molecule has 2 atom stereocenters. The summed E-state index contributed by atoms with van der Waals surface area (Å²) in [4.78, 5) is 50.3. The number of esters is 1. The van der Waals surface area contributed by atoms with Gasteiger partial charge in [0.15, 0.2) is 0 Å². The summed E-state index contributed by atoms with van der Waals surface area (Å²) in [7, 11) is 0. The monoisotopic (exact) mass is 272 g/mol. The molecule has 2 saturated heterocycles. The molecule has 0 aliphatic carbocycles. The van der Waals surface area contributed by atoms with E-state index in [0.29, 0.717) is 5.06 Å². The summed E-state index contributed by atoms with van der Waals surface area (Å²) >= 11 is 0. The Kier molecular flexibility index (Phi) is 3.14. The Morgan fingerprint density at radius 3 is 2.63 bits per heavy atom. The van der Waals surface area contributed by atoms with Crippen LogP contribution in [0.25, 0.3) is 0 Å². The van der Waals surface area contributed by atoms with Gasteiger partial charge in [0.05, 0.1) is 6.42 Å². The van der Waals surface area contributed by atoms with E-state index in [1.807, 2.05) is 0 Å². The van der Waals surface area contributed by atoms with E-state index in [1.54, 1.807) is 0 Å². The molecule has 2 aliphatic heterocycles. The molecule has 2 heterocycles. The smallest absolute Gasteiger partial charge is 0.372 e. The Bertz CT molecular complexity index is 463. The average Bonchev–Trinajstić information content (AvgIpc) is 2.85. The Balaban J connectivity index is 2.21. The lowest BCUT2D eigenvalue weighted by atomic mass is 10.1. The van der Waals surface area contributed by atoms with E-state index in [-0.39, 0.29) is 19.4 Å². The molecule has 0 aromatic rings. The van der Waals surface area contributed by atoms with Gasteiger partial charge < -0.3 is 15.2 Å². The number of hydrogen-bond donors (Lipinski definition) is 2. The highest BCUT2D eigenvalue weighted by molar-refractivity contribution is 5.93. The van der Waals surface area contributed by atoms with E-state index in [1.165, 1.54) is 6.92 Å². The second kappa shape index (κ2) is 4.50. The van der Waals surface area contributed by atoms with Crippen LogP contribution in [-0.2, 0) is 28.8 Å². The van der Waals surface area contributed by atoms with Crippen molar-refractivity contribution >= 4 is 23.8 Å². The number of hydroxylamine groups is 2. The minimum absolute atomic E-state index is 0.121. The van der Waals surface area contributed by atoms with Crippen molar-refractivity contribution in [2.24, 2.45) is 0 Å². The van der Waals surface area contributed by atoms with Crippen LogP contribution in [0, 0.1) is 0 Å². The van der Waals surface area contributed by atoms with Crippen LogP contribution in [-0.4, -0.2) is 52.3 Å². The molecule has 0 bridgehead atoms. The lowest BCUT2D eigenvalue weighted by Crippen LogP contribution is -2.56. The topological polar surface area (TPSA) is 122 Å². The number of ether oxygens (including phenoxy) is 1. The number of rotatable bonds is 3. The lowest BCUT2D eigenvalue weighted by Gasteiger charge is -2.30. The largest absolute Gasteiger partial charge is 0.477 e. The molecule has 2 fully saturated rings. The van der Waals surface area contributed by atoms with Gasteiger partial charge in [0.2, 0.25) is 5.91 Å². The third-order valence-electron chi connectivity index (χ3n) is 2.86. The molecule has 2 amide bonds. The Hall–Kier alpha value is -2.16. The van der Waals surface area contributed by atoms with Gasteiger partial charge in [0.25, 0.3) is 5.91 Å². The van der Waals surface area contributed by atoms with E-state index in [4.69, 9.17) is 9.57 Å². The molecule has 0 aromatic heterocycles. The first-order valence-electron chi connectivity index (χ1n) is 5.56. The average molecular weight is 272 g/mol. The van der Waals surface area contributed by atoms with E-state index in [0.717, 1.165) is 0 Å². The zero-order valence-electron chi connectivity index (χ0n) is 10.0. The number of carbonyl (C=O) groups excluding carboxylic acids is 3. The second-order valence-corrected chi connectivity index (χ2v) is 4.25. The molecule has 19 heavy (non-hydrogen) atoms. The first-order valence-corrected chi connectivity index (χ1v) is 5.56. The standard InChI is InChI=1S/C10H12N2O7/c1-5(13)11-6-4-18-12(8(6)15)10(9(16)17)3-2-7(14)19-10/h6H,2-4H2,1H3,(H,11,13)(H,16,17)/t6-,10?/m1/s1. The molecule has 9 heteroatoms. The fourth-order valence-electron chi connectivity index (χ4n) is 2.00. The van der Waals surface area contributed by atoms with Gasteiger partial charge in [0, 0.05) is 13.3 Å². The van der Waals surface area contributed by atoms with Gasteiger partial charge in [-0.25, -0.2) is 4.79 Å². The van der Waals surface area contributed by atoms with Crippen LogP contribution in [0.1, 0.15) is 19.8 Å². The van der Waals surface area contributed by atoms with E-state index >= 15 is 0 Å². The van der Waals surface area contributed by atoms with Crippen molar-refractivity contribution in [3.05, 3.63) is 0 Å². The summed E-state index contributed by atoms with van der Waals surface area (Å²) in [6.07, 6.45) is -0.316. The molecule has 2 N–H and O–H groups in total. The maximum atomic E-state index is 12.0. The van der Waals surface area contributed by atoms with Crippen molar-refractivity contribution in [1.29, 1.82) is 0 Å². The highest BCUT2D eigenvalue weighted by atomic mass is 16.7. The van der Waals surface area contributed by atoms with Crippen molar-refractivity contribution in [2.75, 3.05) is 6.61 Å². The highest BCUT2D eigenvalue weighted by Gasteiger charge is 2.59. The Morgan fingerprint density at radius 2 is 2.16 bits per heavy atom. The Labute approximate surface area is 107 Å². The minimum Gasteiger partial charge on any atom is -0.477 e. The predicted molar refractivity (Wildman–Crippen MR) is 56.1 cm³/mol. The molecule has 1 unspecified atom stereocenters. The molecule has 0 aromatic carbocycles. The number of nitrogens with zero attached hydrogens (tertiary/aromatic N) is 1. The second-order valence-electron chi connectivity index (χ2n) is 4.25. The predicted octanol–water partition coefficient (Wildman–Crippen LogP) is -1.62. The van der Waals surface area contributed by atoms with Gasteiger partial charge >= 0.3 is 17.7 Å². The fraction of sp³-hybridized carbons (Fsp3) is 0.600. The SMILES string of the molecule is CC(=O)N[C@@H]1CON(C2(C(=O)O)CCC(=O)O2)C1=O. The summed E-state index contributed by atoms with van der Waals surface area (Å²) < 4.78 is 4.75. The van der Waals surface area contributed by atoms with E-state index in [2.05, 4.69) is 5.32 Å². The van der Waals surface area contributed by atoms with Gasteiger partial charge in [-0.15, -0.1) is 0 Å². The number of carboxylic acid groups (broad SMARTS) is 1. The minimum atomic E-state index is -2.14. The van der Waals surface area contributed by atoms with Crippen LogP contribution in [0.5, 0.6) is 0 Å². The Morgan fingerprint density at radius 1 is 1.47 bits per heavy atom. The zero-order valence-corrected chi connectivity index (χ0v) is 10.0. The highest BCUT2D eigenvalue weighted by Crippen LogP contribution is 2.33. The number of nitrogens with one attached hydrogen (secondary N) is 1. The third kappa shape index (κ3) is 2.12. The molecular weight excluding hydrogens is 260 g/mol. The van der Waals surface area contributed by atoms with E-state index < -0.39 is 35.5 Å². The van der Waals surface area contributed by atoms with Gasteiger partial charge in [-0.1, -0.05) is 0 Å². The van der Waals surface area contributed by atoms with Crippen LogP contribution in [0.2, 0.25) is 0 Å². The van der Waals surface area contributed by atoms with Crippen molar-refractivity contribution in [3.8, 4) is 0 Å². The molecule has 0 radical (unpaired) electrons. The van der Waals surface area contributed by atoms with Crippen molar-refractivity contribution in [2.45, 2.75) is 31.5 Å². The molecule has 2 aliphatic rings. The molecule has 2 rings (SSSR count). The van der Waals surface area contributed by atoms with Crippen LogP contribution in [0.4, 0.5) is 0 Å². The molecule has 104 valence electrons. The first kappa shape index (κ1) is 13.3. The number of hydrogen-bond acceptors (Lipinski definition) is 6. The number of carbonyl (C=O) groups is 4. The molecule has 0 saturated carbocycles. The summed E-state index contributed by atoms with van der Waals surface area (Å²) in [5, 5.41) is 12.0. The summed E-state index contributed by atoms with van der Waals surface area (Å²) in [5.74, 6) is -3.42. The van der Waals surface area contributed by atoms with Crippen LogP contribution in [0.15, 0.2) is 0 Å². The quantitative estimate of drug-likeness (QED) is 0.592. The first-order chi connectivity index (χ1) is 8.86. The molecule has 0 spiro atoms. The zero-order chi connectivity index (χ0) is 14.2. The van der Waals surface area contributed by atoms with E-state index in [9.17, 15) is 24.3 Å². The number of amides is 2. The number of carboxylic acids is 1. The molecule has 9 nitrogen and oxygen atoms in total. The maximum absolute atomic E-state index is 12.0. The molecular formula is C10H12N2O7. The summed E-state index contributed by atoms with van der Waals surface area (Å²) in [5.41, 5.74) is -2.14. The third-order valence-corrected chi connectivity index (χ3v) is 2.86. The fourth-order valence-corrected chi connectivity index (χ4v) is 2.00. The number of cyclic esters (lactones) is 1. The van der Waals surface area contributed by atoms with Gasteiger partial charge in [-0.05, 0) is 0 Å². The van der Waals surface area contributed by atoms with Crippen LogP contribution < -0.4 is 5.32 Å².